The molecule has 13 heavy (non-hydrogen) atoms. The molecule has 0 saturated heterocycles. The summed E-state index contributed by atoms with van der Waals surface area (Å²) in [4.78, 5) is 0. The lowest BCUT2D eigenvalue weighted by molar-refractivity contribution is 0.0853. The molecule has 2 atom stereocenters. The molecule has 2 nitrogen and oxygen atoms in total. The maximum Gasteiger partial charge on any atom is 0.0969 e. The molecule has 0 amide bonds. The van der Waals surface area contributed by atoms with Crippen LogP contribution in [0.1, 0.15) is 24.2 Å². The third kappa shape index (κ3) is 2.54. The SMILES string of the molecule is CO[C@@H](c1ccc(C)cc1)[C@H](C)N. The largest absolute Gasteiger partial charge is 0.375 e. The minimum Gasteiger partial charge on any atom is -0.375 e. The van der Waals surface area contributed by atoms with Crippen molar-refractivity contribution in [2.24, 2.45) is 5.73 Å². The molecule has 0 aliphatic rings. The maximum absolute atomic E-state index is 5.79. The number of benzene rings is 1. The van der Waals surface area contributed by atoms with E-state index in [1.165, 1.54) is 5.56 Å². The van der Waals surface area contributed by atoms with Gasteiger partial charge in [-0.1, -0.05) is 29.8 Å². The first-order valence-corrected chi connectivity index (χ1v) is 4.50. The number of nitrogens with two attached hydrogens (primary N) is 1. The van der Waals surface area contributed by atoms with E-state index in [0.29, 0.717) is 0 Å². The lowest BCUT2D eigenvalue weighted by Gasteiger charge is -2.19. The van der Waals surface area contributed by atoms with Crippen molar-refractivity contribution in [2.75, 3.05) is 7.11 Å². The van der Waals surface area contributed by atoms with Crippen LogP contribution in [-0.4, -0.2) is 13.2 Å². The molecule has 0 bridgehead atoms. The second kappa shape index (κ2) is 4.40. The molecule has 1 aromatic rings. The summed E-state index contributed by atoms with van der Waals surface area (Å²) in [5.41, 5.74) is 8.19. The molecule has 0 aromatic heterocycles. The van der Waals surface area contributed by atoms with Gasteiger partial charge < -0.3 is 10.5 Å². The van der Waals surface area contributed by atoms with Gasteiger partial charge in [0, 0.05) is 13.2 Å². The van der Waals surface area contributed by atoms with E-state index in [-0.39, 0.29) is 12.1 Å². The average molecular weight is 179 g/mol. The Kier molecular flexibility index (Phi) is 3.46. The first kappa shape index (κ1) is 10.2. The van der Waals surface area contributed by atoms with Gasteiger partial charge in [0.1, 0.15) is 0 Å². The van der Waals surface area contributed by atoms with Crippen molar-refractivity contribution in [3.8, 4) is 0 Å². The van der Waals surface area contributed by atoms with Crippen molar-refractivity contribution in [2.45, 2.75) is 26.0 Å². The van der Waals surface area contributed by atoms with E-state index in [9.17, 15) is 0 Å². The van der Waals surface area contributed by atoms with E-state index in [2.05, 4.69) is 31.2 Å². The van der Waals surface area contributed by atoms with E-state index in [1.807, 2.05) is 6.92 Å². The topological polar surface area (TPSA) is 35.2 Å². The van der Waals surface area contributed by atoms with Crippen LogP contribution in [-0.2, 0) is 4.74 Å². The summed E-state index contributed by atoms with van der Waals surface area (Å²) in [5, 5.41) is 0. The zero-order valence-electron chi connectivity index (χ0n) is 8.45. The zero-order chi connectivity index (χ0) is 9.84. The van der Waals surface area contributed by atoms with Crippen LogP contribution in [0, 0.1) is 6.92 Å². The van der Waals surface area contributed by atoms with Crippen molar-refractivity contribution in [3.05, 3.63) is 35.4 Å². The van der Waals surface area contributed by atoms with Crippen LogP contribution in [0.2, 0.25) is 0 Å². The summed E-state index contributed by atoms with van der Waals surface area (Å²) in [6.07, 6.45) is 0.000556. The first-order valence-electron chi connectivity index (χ1n) is 4.50. The molecule has 0 aliphatic heterocycles. The lowest BCUT2D eigenvalue weighted by Crippen LogP contribution is -2.25. The van der Waals surface area contributed by atoms with Gasteiger partial charge in [-0.2, -0.15) is 0 Å². The predicted molar refractivity (Wildman–Crippen MR) is 54.6 cm³/mol. The fourth-order valence-corrected chi connectivity index (χ4v) is 1.41. The first-order chi connectivity index (χ1) is 6.15. The second-order valence-corrected chi connectivity index (χ2v) is 3.43. The van der Waals surface area contributed by atoms with Crippen LogP contribution >= 0.6 is 0 Å². The van der Waals surface area contributed by atoms with Crippen molar-refractivity contribution in [1.82, 2.24) is 0 Å². The molecule has 0 saturated carbocycles. The van der Waals surface area contributed by atoms with E-state index in [0.717, 1.165) is 5.56 Å². The molecule has 2 N–H and O–H groups in total. The van der Waals surface area contributed by atoms with Gasteiger partial charge in [0.2, 0.25) is 0 Å². The third-order valence-corrected chi connectivity index (χ3v) is 2.14. The Morgan fingerprint density at radius 2 is 1.77 bits per heavy atom. The summed E-state index contributed by atoms with van der Waals surface area (Å²) in [6, 6.07) is 8.29. The molecular weight excluding hydrogens is 162 g/mol. The van der Waals surface area contributed by atoms with Crippen LogP contribution in [0.5, 0.6) is 0 Å². The van der Waals surface area contributed by atoms with Crippen LogP contribution in [0.15, 0.2) is 24.3 Å². The highest BCUT2D eigenvalue weighted by Gasteiger charge is 2.14. The van der Waals surface area contributed by atoms with Gasteiger partial charge in [0.25, 0.3) is 0 Å². The maximum atomic E-state index is 5.79. The summed E-state index contributed by atoms with van der Waals surface area (Å²) in [6.45, 7) is 4.02. The minimum atomic E-state index is 0.000556. The standard InChI is InChI=1S/C11H17NO/c1-8-4-6-10(7-5-8)11(13-3)9(2)12/h4-7,9,11H,12H2,1-3H3/t9-,11+/m0/s1. The number of methoxy groups -OCH3 is 1. The van der Waals surface area contributed by atoms with Gasteiger partial charge >= 0.3 is 0 Å². The van der Waals surface area contributed by atoms with E-state index in [1.54, 1.807) is 7.11 Å². The molecule has 0 heterocycles. The molecule has 0 aliphatic carbocycles. The highest BCUT2D eigenvalue weighted by atomic mass is 16.5. The molecular formula is C11H17NO. The molecule has 1 aromatic carbocycles. The summed E-state index contributed by atoms with van der Waals surface area (Å²) in [7, 11) is 1.69. The Morgan fingerprint density at radius 1 is 1.23 bits per heavy atom. The quantitative estimate of drug-likeness (QED) is 0.770. The second-order valence-electron chi connectivity index (χ2n) is 3.43. The molecule has 0 spiro atoms. The lowest BCUT2D eigenvalue weighted by atomic mass is 10.0. The normalized spacial score (nSPS) is 15.4. The van der Waals surface area contributed by atoms with Gasteiger partial charge in [0.15, 0.2) is 0 Å². The molecule has 72 valence electrons. The third-order valence-electron chi connectivity index (χ3n) is 2.14. The molecule has 0 fully saturated rings. The van der Waals surface area contributed by atoms with Gasteiger partial charge in [0.05, 0.1) is 6.10 Å². The van der Waals surface area contributed by atoms with E-state index < -0.39 is 0 Å². The van der Waals surface area contributed by atoms with E-state index >= 15 is 0 Å². The number of aryl methyl sites for hydroxylation is 1. The molecule has 0 radical (unpaired) electrons. The Hall–Kier alpha value is -0.860. The zero-order valence-corrected chi connectivity index (χ0v) is 8.45. The Balaban J connectivity index is 2.86. The van der Waals surface area contributed by atoms with Gasteiger partial charge in [-0.05, 0) is 19.4 Å². The fraction of sp³-hybridized carbons (Fsp3) is 0.455. The van der Waals surface area contributed by atoms with Gasteiger partial charge in [-0.3, -0.25) is 0 Å². The van der Waals surface area contributed by atoms with Crippen molar-refractivity contribution >= 4 is 0 Å². The number of ether oxygens (including phenoxy) is 1. The average Bonchev–Trinajstić information content (AvgIpc) is 2.09. The number of rotatable bonds is 3. The minimum absolute atomic E-state index is 0.000556. The molecule has 0 unspecified atom stereocenters. The smallest absolute Gasteiger partial charge is 0.0969 e. The van der Waals surface area contributed by atoms with Crippen LogP contribution in [0.3, 0.4) is 0 Å². The summed E-state index contributed by atoms with van der Waals surface area (Å²) >= 11 is 0. The highest BCUT2D eigenvalue weighted by Crippen LogP contribution is 2.19. The molecule has 2 heteroatoms. The van der Waals surface area contributed by atoms with Crippen molar-refractivity contribution in [1.29, 1.82) is 0 Å². The number of hydrogen-bond donors (Lipinski definition) is 1. The summed E-state index contributed by atoms with van der Waals surface area (Å²) in [5.74, 6) is 0. The molecule has 1 rings (SSSR count). The van der Waals surface area contributed by atoms with Gasteiger partial charge in [-0.25, -0.2) is 0 Å². The highest BCUT2D eigenvalue weighted by molar-refractivity contribution is 5.24. The Bertz CT molecular complexity index is 253. The monoisotopic (exact) mass is 179 g/mol. The fourth-order valence-electron chi connectivity index (χ4n) is 1.41. The van der Waals surface area contributed by atoms with Crippen LogP contribution in [0.4, 0.5) is 0 Å². The van der Waals surface area contributed by atoms with Crippen molar-refractivity contribution in [3.63, 3.8) is 0 Å². The van der Waals surface area contributed by atoms with E-state index in [4.69, 9.17) is 10.5 Å². The Labute approximate surface area is 79.7 Å². The van der Waals surface area contributed by atoms with Gasteiger partial charge in [-0.15, -0.1) is 0 Å². The van der Waals surface area contributed by atoms with Crippen molar-refractivity contribution < 1.29 is 4.74 Å². The Morgan fingerprint density at radius 3 is 2.15 bits per heavy atom. The van der Waals surface area contributed by atoms with Crippen LogP contribution < -0.4 is 5.73 Å². The predicted octanol–water partition coefficient (Wildman–Crippen LogP) is 2.03. The number of hydrogen-bond acceptors (Lipinski definition) is 2. The van der Waals surface area contributed by atoms with Crippen LogP contribution in [0.25, 0.3) is 0 Å². The summed E-state index contributed by atoms with van der Waals surface area (Å²) < 4.78 is 5.31.